The van der Waals surface area contributed by atoms with Crippen LogP contribution in [0.25, 0.3) is 0 Å². The second-order valence-corrected chi connectivity index (χ2v) is 6.55. The molecule has 1 saturated heterocycles. The van der Waals surface area contributed by atoms with Crippen molar-refractivity contribution in [1.29, 1.82) is 0 Å². The third kappa shape index (κ3) is 3.11. The Bertz CT molecular complexity index is 548. The largest absolute Gasteiger partial charge is 0.378 e. The molecule has 1 aromatic rings. The summed E-state index contributed by atoms with van der Waals surface area (Å²) in [5, 5.41) is 3.03. The third-order valence-corrected chi connectivity index (χ3v) is 5.29. The van der Waals surface area contributed by atoms with E-state index in [1.54, 1.807) is 16.4 Å². The second kappa shape index (κ2) is 6.51. The lowest BCUT2D eigenvalue weighted by Crippen LogP contribution is -2.48. The zero-order valence-electron chi connectivity index (χ0n) is 11.9. The molecule has 20 heavy (non-hydrogen) atoms. The molecule has 0 spiro atoms. The van der Waals surface area contributed by atoms with Crippen LogP contribution in [0.5, 0.6) is 0 Å². The molecule has 2 heterocycles. The molecule has 1 aromatic heterocycles. The quantitative estimate of drug-likeness (QED) is 0.887. The summed E-state index contributed by atoms with van der Waals surface area (Å²) < 4.78 is 32.4. The van der Waals surface area contributed by atoms with Crippen molar-refractivity contribution in [3.8, 4) is 0 Å². The van der Waals surface area contributed by atoms with E-state index in [1.807, 2.05) is 13.8 Å². The molecule has 2 rings (SSSR count). The molecule has 0 aromatic carbocycles. The minimum Gasteiger partial charge on any atom is -0.378 e. The molecule has 1 unspecified atom stereocenters. The van der Waals surface area contributed by atoms with E-state index in [4.69, 9.17) is 4.74 Å². The first-order valence-electron chi connectivity index (χ1n) is 6.89. The number of sulfonamides is 1. The first-order chi connectivity index (χ1) is 9.59. The van der Waals surface area contributed by atoms with E-state index in [9.17, 15) is 8.42 Å². The molecule has 112 valence electrons. The topological polar surface area (TPSA) is 71.5 Å². The zero-order valence-corrected chi connectivity index (χ0v) is 12.7. The fraction of sp³-hybridized carbons (Fsp3) is 0.615. The van der Waals surface area contributed by atoms with Crippen LogP contribution in [0.3, 0.4) is 0 Å². The van der Waals surface area contributed by atoms with E-state index in [2.05, 4.69) is 10.3 Å². The molecule has 7 heteroatoms. The van der Waals surface area contributed by atoms with E-state index in [0.29, 0.717) is 32.1 Å². The maximum absolute atomic E-state index is 12.7. The van der Waals surface area contributed by atoms with Crippen molar-refractivity contribution < 1.29 is 13.2 Å². The summed E-state index contributed by atoms with van der Waals surface area (Å²) in [5.74, 6) is 0.579. The van der Waals surface area contributed by atoms with Crippen LogP contribution in [0.2, 0.25) is 0 Å². The smallest absolute Gasteiger partial charge is 0.243 e. The Morgan fingerprint density at radius 2 is 2.30 bits per heavy atom. The van der Waals surface area contributed by atoms with Gasteiger partial charge in [0.15, 0.2) is 0 Å². The van der Waals surface area contributed by atoms with Gasteiger partial charge in [0, 0.05) is 31.4 Å². The summed E-state index contributed by atoms with van der Waals surface area (Å²) in [4.78, 5) is 4.39. The number of pyridine rings is 1. The normalized spacial score (nSPS) is 20.8. The van der Waals surface area contributed by atoms with Gasteiger partial charge in [-0.1, -0.05) is 6.92 Å². The molecule has 1 fully saturated rings. The second-order valence-electron chi connectivity index (χ2n) is 4.66. The number of rotatable bonds is 5. The van der Waals surface area contributed by atoms with Gasteiger partial charge in [-0.2, -0.15) is 4.31 Å². The molecule has 1 atom stereocenters. The highest BCUT2D eigenvalue weighted by atomic mass is 32.2. The average Bonchev–Trinajstić information content (AvgIpc) is 2.48. The lowest BCUT2D eigenvalue weighted by molar-refractivity contribution is 0.0314. The number of ether oxygens (including phenoxy) is 1. The number of nitrogens with zero attached hydrogens (tertiary/aromatic N) is 2. The van der Waals surface area contributed by atoms with Crippen LogP contribution < -0.4 is 5.32 Å². The molecule has 1 aliphatic rings. The standard InChI is InChI=1S/C13H21N3O3S/c1-3-11-10-19-8-7-16(11)20(17,18)12-5-6-15-13(9-12)14-4-2/h5-6,9,11H,3-4,7-8,10H2,1-2H3,(H,14,15). The van der Waals surface area contributed by atoms with E-state index < -0.39 is 10.0 Å². The molecule has 1 N–H and O–H groups in total. The van der Waals surface area contributed by atoms with Gasteiger partial charge in [-0.3, -0.25) is 0 Å². The summed E-state index contributed by atoms with van der Waals surface area (Å²) in [6.07, 6.45) is 2.26. The highest BCUT2D eigenvalue weighted by Gasteiger charge is 2.33. The maximum Gasteiger partial charge on any atom is 0.243 e. The number of hydrogen-bond acceptors (Lipinski definition) is 5. The number of nitrogens with one attached hydrogen (secondary N) is 1. The predicted molar refractivity (Wildman–Crippen MR) is 77.2 cm³/mol. The van der Waals surface area contributed by atoms with Crippen LogP contribution in [0, 0.1) is 0 Å². The van der Waals surface area contributed by atoms with Crippen molar-refractivity contribution >= 4 is 15.8 Å². The molecule has 1 aliphatic heterocycles. The van der Waals surface area contributed by atoms with Crippen LogP contribution >= 0.6 is 0 Å². The average molecular weight is 299 g/mol. The van der Waals surface area contributed by atoms with Gasteiger partial charge in [-0.05, 0) is 19.4 Å². The monoisotopic (exact) mass is 299 g/mol. The Morgan fingerprint density at radius 1 is 1.50 bits per heavy atom. The van der Waals surface area contributed by atoms with Crippen molar-refractivity contribution in [1.82, 2.24) is 9.29 Å². The Hall–Kier alpha value is -1.18. The van der Waals surface area contributed by atoms with Crippen LogP contribution in [0.1, 0.15) is 20.3 Å². The van der Waals surface area contributed by atoms with E-state index in [1.165, 1.54) is 6.20 Å². The van der Waals surface area contributed by atoms with Gasteiger partial charge in [-0.25, -0.2) is 13.4 Å². The molecular formula is C13H21N3O3S. The summed E-state index contributed by atoms with van der Waals surface area (Å²) in [6.45, 7) is 5.92. The Morgan fingerprint density at radius 3 is 3.00 bits per heavy atom. The van der Waals surface area contributed by atoms with Gasteiger partial charge < -0.3 is 10.1 Å². The number of hydrogen-bond donors (Lipinski definition) is 1. The summed E-state index contributed by atoms with van der Waals surface area (Å²) in [7, 11) is -3.49. The highest BCUT2D eigenvalue weighted by molar-refractivity contribution is 7.89. The Kier molecular flexibility index (Phi) is 4.95. The van der Waals surface area contributed by atoms with E-state index >= 15 is 0 Å². The Balaban J connectivity index is 2.31. The summed E-state index contributed by atoms with van der Waals surface area (Å²) in [6, 6.07) is 3.03. The number of morpholine rings is 1. The Labute approximate surface area is 120 Å². The van der Waals surface area contributed by atoms with Crippen LogP contribution in [0.15, 0.2) is 23.2 Å². The molecule has 0 saturated carbocycles. The molecule has 0 amide bonds. The molecule has 6 nitrogen and oxygen atoms in total. The van der Waals surface area contributed by atoms with Gasteiger partial charge in [0.25, 0.3) is 0 Å². The van der Waals surface area contributed by atoms with Gasteiger partial charge in [0.1, 0.15) is 5.82 Å². The molecule has 0 aliphatic carbocycles. The minimum absolute atomic E-state index is 0.0931. The summed E-state index contributed by atoms with van der Waals surface area (Å²) in [5.41, 5.74) is 0. The van der Waals surface area contributed by atoms with Crippen LogP contribution in [-0.4, -0.2) is 50.1 Å². The van der Waals surface area contributed by atoms with Gasteiger partial charge in [0.05, 0.1) is 18.1 Å². The zero-order chi connectivity index (χ0) is 14.6. The fourth-order valence-electron chi connectivity index (χ4n) is 2.26. The lowest BCUT2D eigenvalue weighted by Gasteiger charge is -2.33. The van der Waals surface area contributed by atoms with Crippen LogP contribution in [0.4, 0.5) is 5.82 Å². The minimum atomic E-state index is -3.49. The SMILES string of the molecule is CCNc1cc(S(=O)(=O)N2CCOCC2CC)ccn1. The predicted octanol–water partition coefficient (Wildman–Crippen LogP) is 1.31. The third-order valence-electron chi connectivity index (χ3n) is 3.34. The molecular weight excluding hydrogens is 278 g/mol. The molecule has 0 bridgehead atoms. The van der Waals surface area contributed by atoms with E-state index in [0.717, 1.165) is 6.42 Å². The highest BCUT2D eigenvalue weighted by Crippen LogP contribution is 2.23. The van der Waals surface area contributed by atoms with Crippen LogP contribution in [-0.2, 0) is 14.8 Å². The van der Waals surface area contributed by atoms with Crippen molar-refractivity contribution in [3.05, 3.63) is 18.3 Å². The fourth-order valence-corrected chi connectivity index (χ4v) is 3.94. The number of aromatic nitrogens is 1. The lowest BCUT2D eigenvalue weighted by atomic mass is 10.2. The van der Waals surface area contributed by atoms with Gasteiger partial charge >= 0.3 is 0 Å². The van der Waals surface area contributed by atoms with Crippen molar-refractivity contribution in [2.75, 3.05) is 31.6 Å². The summed E-state index contributed by atoms with van der Waals surface area (Å²) >= 11 is 0. The van der Waals surface area contributed by atoms with Crippen molar-refractivity contribution in [3.63, 3.8) is 0 Å². The van der Waals surface area contributed by atoms with Crippen molar-refractivity contribution in [2.45, 2.75) is 31.2 Å². The molecule has 0 radical (unpaired) electrons. The maximum atomic E-state index is 12.7. The number of anilines is 1. The first kappa shape index (κ1) is 15.2. The van der Waals surface area contributed by atoms with E-state index in [-0.39, 0.29) is 10.9 Å². The first-order valence-corrected chi connectivity index (χ1v) is 8.33. The van der Waals surface area contributed by atoms with Gasteiger partial charge in [0.2, 0.25) is 10.0 Å². The van der Waals surface area contributed by atoms with Gasteiger partial charge in [-0.15, -0.1) is 0 Å². The van der Waals surface area contributed by atoms with Crippen molar-refractivity contribution in [2.24, 2.45) is 0 Å².